The molecule has 0 bridgehead atoms. The van der Waals surface area contributed by atoms with Crippen molar-refractivity contribution in [2.75, 3.05) is 11.5 Å². The van der Waals surface area contributed by atoms with Gasteiger partial charge in [0.05, 0.1) is 5.39 Å². The van der Waals surface area contributed by atoms with Crippen molar-refractivity contribution in [3.63, 3.8) is 0 Å². The van der Waals surface area contributed by atoms with E-state index >= 15 is 0 Å². The second kappa shape index (κ2) is 4.87. The molecule has 2 rings (SSSR count). The molecule has 0 aliphatic heterocycles. The minimum Gasteiger partial charge on any atom is -0.383 e. The summed E-state index contributed by atoms with van der Waals surface area (Å²) in [6.07, 6.45) is 1.67. The van der Waals surface area contributed by atoms with E-state index in [0.29, 0.717) is 22.8 Å². The molecule has 0 aliphatic rings. The van der Waals surface area contributed by atoms with E-state index in [1.165, 1.54) is 0 Å². The van der Waals surface area contributed by atoms with Gasteiger partial charge in [-0.2, -0.15) is 9.97 Å². The van der Waals surface area contributed by atoms with Gasteiger partial charge in [0, 0.05) is 5.56 Å². The molecule has 0 radical (unpaired) electrons. The molecular formula is C13H19N5O. The van der Waals surface area contributed by atoms with Crippen molar-refractivity contribution >= 4 is 22.8 Å². The third kappa shape index (κ3) is 2.52. The Bertz CT molecular complexity index is 675. The van der Waals surface area contributed by atoms with E-state index in [4.69, 9.17) is 11.5 Å². The van der Waals surface area contributed by atoms with Crippen LogP contribution in [0.1, 0.15) is 31.4 Å². The zero-order valence-corrected chi connectivity index (χ0v) is 11.4. The lowest BCUT2D eigenvalue weighted by molar-refractivity contribution is 0.584. The highest BCUT2D eigenvalue weighted by Gasteiger charge is 2.14. The van der Waals surface area contributed by atoms with Crippen molar-refractivity contribution in [2.45, 2.75) is 33.6 Å². The first kappa shape index (κ1) is 13.3. The summed E-state index contributed by atoms with van der Waals surface area (Å²) in [5.41, 5.74) is 13.3. The van der Waals surface area contributed by atoms with Crippen molar-refractivity contribution in [2.24, 2.45) is 5.92 Å². The predicted molar refractivity (Wildman–Crippen MR) is 76.9 cm³/mol. The molecule has 0 saturated heterocycles. The number of hydrogen-bond acceptors (Lipinski definition) is 5. The normalized spacial score (nSPS) is 11.4. The lowest BCUT2D eigenvalue weighted by atomic mass is 9.99. The van der Waals surface area contributed by atoms with Crippen molar-refractivity contribution in [3.05, 3.63) is 21.5 Å². The molecule has 0 aromatic carbocycles. The minimum atomic E-state index is -0.122. The van der Waals surface area contributed by atoms with Gasteiger partial charge in [-0.15, -0.1) is 0 Å². The van der Waals surface area contributed by atoms with E-state index < -0.39 is 0 Å². The average molecular weight is 261 g/mol. The van der Waals surface area contributed by atoms with Crippen LogP contribution in [-0.2, 0) is 6.42 Å². The van der Waals surface area contributed by atoms with Crippen molar-refractivity contribution in [1.82, 2.24) is 15.0 Å². The second-order valence-electron chi connectivity index (χ2n) is 5.18. The molecule has 0 fully saturated rings. The molecule has 2 heterocycles. The van der Waals surface area contributed by atoms with Gasteiger partial charge in [0.1, 0.15) is 11.5 Å². The zero-order chi connectivity index (χ0) is 14.2. The SMILES string of the molecule is Cc1c(CCC(C)C)c(=O)[nH]c2nc(N)nc(N)c12. The first-order valence-electron chi connectivity index (χ1n) is 6.34. The van der Waals surface area contributed by atoms with Crippen LogP contribution in [0.3, 0.4) is 0 Å². The van der Waals surface area contributed by atoms with Gasteiger partial charge in [0.25, 0.3) is 5.56 Å². The van der Waals surface area contributed by atoms with Gasteiger partial charge in [-0.25, -0.2) is 0 Å². The predicted octanol–water partition coefficient (Wildman–Crippen LogP) is 1.38. The van der Waals surface area contributed by atoms with Gasteiger partial charge in [-0.1, -0.05) is 13.8 Å². The fourth-order valence-electron chi connectivity index (χ4n) is 2.19. The molecule has 2 aromatic heterocycles. The molecule has 2 aromatic rings. The third-order valence-electron chi connectivity index (χ3n) is 3.26. The molecular weight excluding hydrogens is 242 g/mol. The summed E-state index contributed by atoms with van der Waals surface area (Å²) in [5.74, 6) is 0.909. The van der Waals surface area contributed by atoms with E-state index in [1.54, 1.807) is 0 Å². The number of aromatic amines is 1. The maximum atomic E-state index is 12.1. The molecule has 0 aliphatic carbocycles. The number of aryl methyl sites for hydroxylation is 1. The van der Waals surface area contributed by atoms with Crippen LogP contribution in [0.4, 0.5) is 11.8 Å². The molecule has 19 heavy (non-hydrogen) atoms. The van der Waals surface area contributed by atoms with Crippen LogP contribution in [-0.4, -0.2) is 15.0 Å². The topological polar surface area (TPSA) is 111 Å². The van der Waals surface area contributed by atoms with E-state index in [2.05, 4.69) is 28.8 Å². The van der Waals surface area contributed by atoms with Crippen molar-refractivity contribution in [3.8, 4) is 0 Å². The lowest BCUT2D eigenvalue weighted by Gasteiger charge is -2.11. The maximum Gasteiger partial charge on any atom is 0.253 e. The van der Waals surface area contributed by atoms with Crippen LogP contribution in [0.15, 0.2) is 4.79 Å². The average Bonchev–Trinajstić information content (AvgIpc) is 2.26. The Balaban J connectivity index is 2.64. The summed E-state index contributed by atoms with van der Waals surface area (Å²) < 4.78 is 0. The molecule has 102 valence electrons. The van der Waals surface area contributed by atoms with E-state index in [1.807, 2.05) is 6.92 Å². The monoisotopic (exact) mass is 261 g/mol. The number of aromatic nitrogens is 3. The van der Waals surface area contributed by atoms with E-state index in [0.717, 1.165) is 24.0 Å². The van der Waals surface area contributed by atoms with Crippen molar-refractivity contribution in [1.29, 1.82) is 0 Å². The van der Waals surface area contributed by atoms with Gasteiger partial charge >= 0.3 is 0 Å². The van der Waals surface area contributed by atoms with Crippen LogP contribution >= 0.6 is 0 Å². The molecule has 6 nitrogen and oxygen atoms in total. The number of nitrogens with one attached hydrogen (secondary N) is 1. The fraction of sp³-hybridized carbons (Fsp3) is 0.462. The largest absolute Gasteiger partial charge is 0.383 e. The number of pyridine rings is 1. The number of nitrogens with zero attached hydrogens (tertiary/aromatic N) is 2. The van der Waals surface area contributed by atoms with E-state index in [-0.39, 0.29) is 11.5 Å². The van der Waals surface area contributed by atoms with Crippen LogP contribution < -0.4 is 17.0 Å². The van der Waals surface area contributed by atoms with Gasteiger partial charge in [-0.3, -0.25) is 4.79 Å². The summed E-state index contributed by atoms with van der Waals surface area (Å²) in [4.78, 5) is 22.8. The van der Waals surface area contributed by atoms with Crippen molar-refractivity contribution < 1.29 is 0 Å². The van der Waals surface area contributed by atoms with Gasteiger partial charge < -0.3 is 16.5 Å². The smallest absolute Gasteiger partial charge is 0.253 e. The molecule has 0 unspecified atom stereocenters. The number of nitrogen functional groups attached to an aromatic ring is 2. The first-order valence-corrected chi connectivity index (χ1v) is 6.34. The first-order chi connectivity index (χ1) is 8.90. The molecule has 0 atom stereocenters. The number of anilines is 2. The Morgan fingerprint density at radius 2 is 1.95 bits per heavy atom. The number of hydrogen-bond donors (Lipinski definition) is 3. The second-order valence-corrected chi connectivity index (χ2v) is 5.18. The van der Waals surface area contributed by atoms with E-state index in [9.17, 15) is 4.79 Å². The number of fused-ring (bicyclic) bond motifs is 1. The van der Waals surface area contributed by atoms with Crippen LogP contribution in [0, 0.1) is 12.8 Å². The Morgan fingerprint density at radius 3 is 2.58 bits per heavy atom. The van der Waals surface area contributed by atoms with Gasteiger partial charge in [-0.05, 0) is 31.2 Å². The molecule has 0 spiro atoms. The minimum absolute atomic E-state index is 0.0648. The number of nitrogens with two attached hydrogens (primary N) is 2. The summed E-state index contributed by atoms with van der Waals surface area (Å²) in [6, 6.07) is 0. The molecule has 0 amide bonds. The number of rotatable bonds is 3. The number of H-pyrrole nitrogens is 1. The Hall–Kier alpha value is -2.11. The molecule has 6 heteroatoms. The molecule has 0 saturated carbocycles. The van der Waals surface area contributed by atoms with Gasteiger partial charge in [0.2, 0.25) is 5.95 Å². The Kier molecular flexibility index (Phi) is 3.42. The third-order valence-corrected chi connectivity index (χ3v) is 3.26. The Morgan fingerprint density at radius 1 is 1.26 bits per heavy atom. The van der Waals surface area contributed by atoms with Gasteiger partial charge in [0.15, 0.2) is 0 Å². The highest BCUT2D eigenvalue weighted by Crippen LogP contribution is 2.22. The highest BCUT2D eigenvalue weighted by molar-refractivity contribution is 5.89. The van der Waals surface area contributed by atoms with Crippen LogP contribution in [0.25, 0.3) is 11.0 Å². The fourth-order valence-corrected chi connectivity index (χ4v) is 2.19. The molecule has 5 N–H and O–H groups in total. The highest BCUT2D eigenvalue weighted by atomic mass is 16.1. The summed E-state index contributed by atoms with van der Waals surface area (Å²) in [6.45, 7) is 6.13. The summed E-state index contributed by atoms with van der Waals surface area (Å²) in [7, 11) is 0. The standard InChI is InChI=1S/C13H19N5O/c1-6(2)4-5-8-7(3)9-10(14)16-13(15)18-11(9)17-12(8)19/h6H,4-5H2,1-3H3,(H5,14,15,16,17,18,19). The quantitative estimate of drug-likeness (QED) is 0.773. The Labute approximate surface area is 111 Å². The zero-order valence-electron chi connectivity index (χ0n) is 11.4. The van der Waals surface area contributed by atoms with Crippen LogP contribution in [0.2, 0.25) is 0 Å². The maximum absolute atomic E-state index is 12.1. The lowest BCUT2D eigenvalue weighted by Crippen LogP contribution is -2.17. The summed E-state index contributed by atoms with van der Waals surface area (Å²) >= 11 is 0. The van der Waals surface area contributed by atoms with Crippen LogP contribution in [0.5, 0.6) is 0 Å². The summed E-state index contributed by atoms with van der Waals surface area (Å²) in [5, 5.41) is 0.688.